The van der Waals surface area contributed by atoms with Crippen LogP contribution >= 0.6 is 33.9 Å². The molecule has 3 aromatic rings. The molecule has 0 N–H and O–H groups in total. The fourth-order valence-electron chi connectivity index (χ4n) is 2.47. The zero-order valence-electron chi connectivity index (χ0n) is 13.4. The van der Waals surface area contributed by atoms with Gasteiger partial charge in [-0.3, -0.25) is 0 Å². The van der Waals surface area contributed by atoms with Crippen LogP contribution in [0, 0.1) is 6.92 Å². The standard InChI is InChI=1S/C17H17IN2O2S/c1-9-14(21-3)6-5-11-15(22-4)7-12(19-16(9)11)17-20-13(8-23-17)10(2)18/h5-8,10H,1-4H3. The fourth-order valence-corrected chi connectivity index (χ4v) is 3.90. The third kappa shape index (κ3) is 3.01. The Balaban J connectivity index is 2.23. The predicted molar refractivity (Wildman–Crippen MR) is 103 cm³/mol. The van der Waals surface area contributed by atoms with Crippen LogP contribution in [-0.2, 0) is 0 Å². The highest BCUT2D eigenvalue weighted by Gasteiger charge is 2.15. The van der Waals surface area contributed by atoms with Crippen molar-refractivity contribution in [2.24, 2.45) is 0 Å². The topological polar surface area (TPSA) is 44.2 Å². The maximum absolute atomic E-state index is 5.57. The van der Waals surface area contributed by atoms with Gasteiger partial charge in [-0.15, -0.1) is 11.3 Å². The minimum absolute atomic E-state index is 0.377. The first kappa shape index (κ1) is 16.4. The number of hydrogen-bond acceptors (Lipinski definition) is 5. The highest BCUT2D eigenvalue weighted by atomic mass is 127. The number of ether oxygens (including phenoxy) is 2. The van der Waals surface area contributed by atoms with Crippen molar-refractivity contribution in [2.75, 3.05) is 14.2 Å². The fraction of sp³-hybridized carbons (Fsp3) is 0.294. The Morgan fingerprint density at radius 1 is 1.13 bits per heavy atom. The van der Waals surface area contributed by atoms with E-state index in [2.05, 4.69) is 34.9 Å². The lowest BCUT2D eigenvalue weighted by molar-refractivity contribution is 0.411. The molecule has 0 aliphatic heterocycles. The summed E-state index contributed by atoms with van der Waals surface area (Å²) in [4.78, 5) is 9.52. The summed E-state index contributed by atoms with van der Waals surface area (Å²) in [5, 5.41) is 3.97. The summed E-state index contributed by atoms with van der Waals surface area (Å²) < 4.78 is 11.4. The van der Waals surface area contributed by atoms with E-state index in [0.29, 0.717) is 3.92 Å². The van der Waals surface area contributed by atoms with E-state index in [1.165, 1.54) is 0 Å². The number of pyridine rings is 1. The van der Waals surface area contributed by atoms with Crippen LogP contribution in [0.5, 0.6) is 11.5 Å². The van der Waals surface area contributed by atoms with Crippen molar-refractivity contribution in [1.29, 1.82) is 0 Å². The first-order chi connectivity index (χ1) is 11.0. The van der Waals surface area contributed by atoms with Gasteiger partial charge in [0.15, 0.2) is 0 Å². The molecule has 1 atom stereocenters. The van der Waals surface area contributed by atoms with E-state index in [0.717, 1.165) is 44.4 Å². The molecule has 120 valence electrons. The molecule has 23 heavy (non-hydrogen) atoms. The second-order valence-corrected chi connectivity index (χ2v) is 7.92. The van der Waals surface area contributed by atoms with E-state index >= 15 is 0 Å². The van der Waals surface area contributed by atoms with E-state index in [4.69, 9.17) is 19.4 Å². The second-order valence-electron chi connectivity index (χ2n) is 5.19. The molecule has 0 amide bonds. The SMILES string of the molecule is COc1ccc2c(OC)cc(-c3nc(C(C)I)cs3)nc2c1C. The number of halogens is 1. The zero-order valence-corrected chi connectivity index (χ0v) is 16.4. The molecule has 0 spiro atoms. The van der Waals surface area contributed by atoms with Crippen molar-refractivity contribution in [3.05, 3.63) is 34.8 Å². The minimum atomic E-state index is 0.377. The van der Waals surface area contributed by atoms with Crippen molar-refractivity contribution < 1.29 is 9.47 Å². The van der Waals surface area contributed by atoms with Gasteiger partial charge in [0.25, 0.3) is 0 Å². The van der Waals surface area contributed by atoms with Crippen molar-refractivity contribution in [3.8, 4) is 22.2 Å². The van der Waals surface area contributed by atoms with Gasteiger partial charge >= 0.3 is 0 Å². The first-order valence-corrected chi connectivity index (χ1v) is 9.30. The molecule has 2 aromatic heterocycles. The van der Waals surface area contributed by atoms with Gasteiger partial charge in [-0.1, -0.05) is 22.6 Å². The van der Waals surface area contributed by atoms with Crippen molar-refractivity contribution in [3.63, 3.8) is 0 Å². The number of alkyl halides is 1. The predicted octanol–water partition coefficient (Wildman–Crippen LogP) is 5.18. The number of hydrogen-bond donors (Lipinski definition) is 0. The molecule has 0 saturated heterocycles. The average Bonchev–Trinajstić information content (AvgIpc) is 3.05. The van der Waals surface area contributed by atoms with Crippen LogP contribution in [0.3, 0.4) is 0 Å². The summed E-state index contributed by atoms with van der Waals surface area (Å²) in [6, 6.07) is 5.88. The van der Waals surface area contributed by atoms with Gasteiger partial charge in [0.05, 0.1) is 29.4 Å². The summed E-state index contributed by atoms with van der Waals surface area (Å²) in [6.45, 7) is 4.14. The number of nitrogens with zero attached hydrogens (tertiary/aromatic N) is 2. The van der Waals surface area contributed by atoms with Crippen LogP contribution in [0.2, 0.25) is 0 Å². The molecule has 3 rings (SSSR count). The Morgan fingerprint density at radius 3 is 2.48 bits per heavy atom. The third-order valence-electron chi connectivity index (χ3n) is 3.74. The number of aromatic nitrogens is 2. The van der Waals surface area contributed by atoms with Gasteiger partial charge in [0.2, 0.25) is 0 Å². The number of thiazole rings is 1. The van der Waals surface area contributed by atoms with Gasteiger partial charge in [-0.25, -0.2) is 9.97 Å². The first-order valence-electron chi connectivity index (χ1n) is 7.17. The van der Waals surface area contributed by atoms with Crippen molar-refractivity contribution >= 4 is 44.8 Å². The Morgan fingerprint density at radius 2 is 1.87 bits per heavy atom. The van der Waals surface area contributed by atoms with Crippen LogP contribution in [0.25, 0.3) is 21.6 Å². The van der Waals surface area contributed by atoms with Gasteiger partial charge in [0, 0.05) is 22.4 Å². The number of fused-ring (bicyclic) bond motifs is 1. The highest BCUT2D eigenvalue weighted by molar-refractivity contribution is 14.1. The van der Waals surface area contributed by atoms with E-state index in [9.17, 15) is 0 Å². The van der Waals surface area contributed by atoms with Gasteiger partial charge < -0.3 is 9.47 Å². The molecular formula is C17H17IN2O2S. The quantitative estimate of drug-likeness (QED) is 0.414. The van der Waals surface area contributed by atoms with Crippen LogP contribution in [-0.4, -0.2) is 24.2 Å². The van der Waals surface area contributed by atoms with Crippen LogP contribution in [0.4, 0.5) is 0 Å². The normalized spacial score (nSPS) is 12.4. The van der Waals surface area contributed by atoms with Gasteiger partial charge in [0.1, 0.15) is 22.2 Å². The molecule has 6 heteroatoms. The van der Waals surface area contributed by atoms with Gasteiger partial charge in [-0.05, 0) is 26.0 Å². The molecule has 4 nitrogen and oxygen atoms in total. The Kier molecular flexibility index (Phi) is 4.72. The molecule has 0 radical (unpaired) electrons. The largest absolute Gasteiger partial charge is 0.496 e. The average molecular weight is 440 g/mol. The van der Waals surface area contributed by atoms with E-state index in [1.807, 2.05) is 25.1 Å². The Bertz CT molecular complexity index is 861. The molecule has 1 unspecified atom stereocenters. The number of methoxy groups -OCH3 is 2. The lowest BCUT2D eigenvalue weighted by Crippen LogP contribution is -1.95. The molecule has 0 aliphatic rings. The Hall–Kier alpha value is -1.41. The third-order valence-corrected chi connectivity index (χ3v) is 5.26. The van der Waals surface area contributed by atoms with Crippen LogP contribution in [0.1, 0.15) is 22.1 Å². The highest BCUT2D eigenvalue weighted by Crippen LogP contribution is 2.36. The van der Waals surface area contributed by atoms with E-state index in [-0.39, 0.29) is 0 Å². The van der Waals surface area contributed by atoms with E-state index in [1.54, 1.807) is 25.6 Å². The van der Waals surface area contributed by atoms with Gasteiger partial charge in [-0.2, -0.15) is 0 Å². The van der Waals surface area contributed by atoms with Crippen molar-refractivity contribution in [2.45, 2.75) is 17.8 Å². The summed E-state index contributed by atoms with van der Waals surface area (Å²) in [5.41, 5.74) is 3.80. The summed E-state index contributed by atoms with van der Waals surface area (Å²) in [7, 11) is 3.35. The molecule has 0 aliphatic carbocycles. The van der Waals surface area contributed by atoms with Crippen molar-refractivity contribution in [1.82, 2.24) is 9.97 Å². The van der Waals surface area contributed by atoms with E-state index < -0.39 is 0 Å². The number of aryl methyl sites for hydroxylation is 1. The zero-order chi connectivity index (χ0) is 16.6. The lowest BCUT2D eigenvalue weighted by atomic mass is 10.1. The summed E-state index contributed by atoms with van der Waals surface area (Å²) in [5.74, 6) is 1.62. The lowest BCUT2D eigenvalue weighted by Gasteiger charge is -2.12. The maximum Gasteiger partial charge on any atom is 0.142 e. The molecule has 0 fully saturated rings. The molecule has 0 saturated carbocycles. The smallest absolute Gasteiger partial charge is 0.142 e. The second kappa shape index (κ2) is 6.60. The number of rotatable bonds is 4. The molecule has 0 bridgehead atoms. The number of benzene rings is 1. The summed E-state index contributed by atoms with van der Waals surface area (Å²) >= 11 is 3.98. The Labute approximate surface area is 153 Å². The molecular weight excluding hydrogens is 423 g/mol. The molecule has 2 heterocycles. The van der Waals surface area contributed by atoms with Crippen LogP contribution < -0.4 is 9.47 Å². The van der Waals surface area contributed by atoms with Crippen LogP contribution in [0.15, 0.2) is 23.6 Å². The monoisotopic (exact) mass is 440 g/mol. The minimum Gasteiger partial charge on any atom is -0.496 e. The summed E-state index contributed by atoms with van der Waals surface area (Å²) in [6.07, 6.45) is 0. The molecule has 1 aromatic carbocycles. The maximum atomic E-state index is 5.57.